The van der Waals surface area contributed by atoms with Crippen molar-refractivity contribution in [3.8, 4) is 11.4 Å². The quantitative estimate of drug-likeness (QED) is 0.609. The van der Waals surface area contributed by atoms with Crippen molar-refractivity contribution in [3.63, 3.8) is 0 Å². The SMILES string of the molecule is Cc1nn(C)cc1Cc1nc(-c2c[nH]c3ccccc23)n[nH]1. The van der Waals surface area contributed by atoms with Crippen molar-refractivity contribution in [2.24, 2.45) is 7.05 Å². The summed E-state index contributed by atoms with van der Waals surface area (Å²) in [4.78, 5) is 7.88. The summed E-state index contributed by atoms with van der Waals surface area (Å²) in [6, 6.07) is 8.15. The summed E-state index contributed by atoms with van der Waals surface area (Å²) in [7, 11) is 1.92. The summed E-state index contributed by atoms with van der Waals surface area (Å²) in [5.74, 6) is 1.56. The van der Waals surface area contributed by atoms with Crippen LogP contribution in [0.15, 0.2) is 36.7 Å². The molecule has 0 amide bonds. The minimum atomic E-state index is 0.703. The normalized spacial score (nSPS) is 11.4. The average Bonchev–Trinajstić information content (AvgIpc) is 3.18. The first-order chi connectivity index (χ1) is 10.7. The lowest BCUT2D eigenvalue weighted by molar-refractivity contribution is 0.756. The molecule has 0 unspecified atom stereocenters. The summed E-state index contributed by atoms with van der Waals surface area (Å²) in [5.41, 5.74) is 4.28. The van der Waals surface area contributed by atoms with E-state index in [1.807, 2.05) is 49.2 Å². The molecule has 6 heteroatoms. The van der Waals surface area contributed by atoms with E-state index in [1.165, 1.54) is 0 Å². The van der Waals surface area contributed by atoms with Gasteiger partial charge in [-0.2, -0.15) is 10.2 Å². The van der Waals surface area contributed by atoms with Crippen LogP contribution in [0.5, 0.6) is 0 Å². The zero-order valence-electron chi connectivity index (χ0n) is 12.5. The molecule has 0 spiro atoms. The molecule has 3 aromatic heterocycles. The standard InChI is InChI=1S/C16H16N6/c1-10-11(9-22(2)21-10)7-15-18-16(20-19-15)13-8-17-14-6-4-3-5-12(13)14/h3-6,8-9,17H,7H2,1-2H3,(H,18,19,20). The van der Waals surface area contributed by atoms with Gasteiger partial charge in [0, 0.05) is 47.9 Å². The number of fused-ring (bicyclic) bond motifs is 1. The van der Waals surface area contributed by atoms with Crippen molar-refractivity contribution < 1.29 is 0 Å². The molecule has 0 radical (unpaired) electrons. The number of aromatic nitrogens is 6. The van der Waals surface area contributed by atoms with Crippen LogP contribution in [0.3, 0.4) is 0 Å². The second kappa shape index (κ2) is 4.84. The molecule has 1 aromatic carbocycles. The molecule has 4 aromatic rings. The van der Waals surface area contributed by atoms with Gasteiger partial charge in [0.25, 0.3) is 0 Å². The number of hydrogen-bond acceptors (Lipinski definition) is 3. The molecular formula is C16H16N6. The number of para-hydroxylation sites is 1. The zero-order valence-corrected chi connectivity index (χ0v) is 12.5. The Morgan fingerprint density at radius 1 is 1.23 bits per heavy atom. The molecule has 0 aliphatic carbocycles. The van der Waals surface area contributed by atoms with Gasteiger partial charge in [0.15, 0.2) is 5.82 Å². The van der Waals surface area contributed by atoms with Crippen LogP contribution in [0.2, 0.25) is 0 Å². The molecule has 0 fully saturated rings. The highest BCUT2D eigenvalue weighted by atomic mass is 15.3. The lowest BCUT2D eigenvalue weighted by Gasteiger charge is -1.94. The molecule has 0 saturated carbocycles. The fourth-order valence-corrected chi connectivity index (χ4v) is 2.75. The molecule has 3 heterocycles. The molecule has 22 heavy (non-hydrogen) atoms. The number of nitrogens with zero attached hydrogens (tertiary/aromatic N) is 4. The summed E-state index contributed by atoms with van der Waals surface area (Å²) in [5, 5.41) is 12.9. The van der Waals surface area contributed by atoms with Crippen molar-refractivity contribution in [1.82, 2.24) is 29.9 Å². The van der Waals surface area contributed by atoms with Crippen molar-refractivity contribution in [1.29, 1.82) is 0 Å². The summed E-state index contributed by atoms with van der Waals surface area (Å²) in [6.07, 6.45) is 4.67. The first-order valence-corrected chi connectivity index (χ1v) is 7.17. The highest BCUT2D eigenvalue weighted by molar-refractivity contribution is 5.93. The number of nitrogens with one attached hydrogen (secondary N) is 2. The minimum Gasteiger partial charge on any atom is -0.360 e. The van der Waals surface area contributed by atoms with Gasteiger partial charge in [0.05, 0.1) is 5.69 Å². The number of aryl methyl sites for hydroxylation is 2. The van der Waals surface area contributed by atoms with Gasteiger partial charge in [-0.1, -0.05) is 18.2 Å². The Hall–Kier alpha value is -2.89. The van der Waals surface area contributed by atoms with Gasteiger partial charge >= 0.3 is 0 Å². The van der Waals surface area contributed by atoms with E-state index >= 15 is 0 Å². The van der Waals surface area contributed by atoms with Crippen LogP contribution in [-0.2, 0) is 13.5 Å². The lowest BCUT2D eigenvalue weighted by atomic mass is 10.1. The van der Waals surface area contributed by atoms with E-state index in [1.54, 1.807) is 0 Å². The van der Waals surface area contributed by atoms with Crippen LogP contribution in [0.1, 0.15) is 17.1 Å². The number of aromatic amines is 2. The largest absolute Gasteiger partial charge is 0.360 e. The van der Waals surface area contributed by atoms with Crippen molar-refractivity contribution >= 4 is 10.9 Å². The maximum Gasteiger partial charge on any atom is 0.183 e. The van der Waals surface area contributed by atoms with Gasteiger partial charge in [-0.3, -0.25) is 9.78 Å². The number of rotatable bonds is 3. The van der Waals surface area contributed by atoms with Gasteiger partial charge in [-0.15, -0.1) is 0 Å². The average molecular weight is 292 g/mol. The van der Waals surface area contributed by atoms with Gasteiger partial charge < -0.3 is 4.98 Å². The highest BCUT2D eigenvalue weighted by Gasteiger charge is 2.12. The van der Waals surface area contributed by atoms with Crippen LogP contribution >= 0.6 is 0 Å². The predicted molar refractivity (Wildman–Crippen MR) is 84.4 cm³/mol. The monoisotopic (exact) mass is 292 g/mol. The third kappa shape index (κ3) is 2.09. The Morgan fingerprint density at radius 2 is 2.09 bits per heavy atom. The second-order valence-corrected chi connectivity index (χ2v) is 5.44. The molecule has 110 valence electrons. The Bertz CT molecular complexity index is 943. The summed E-state index contributed by atoms with van der Waals surface area (Å²) < 4.78 is 1.82. The van der Waals surface area contributed by atoms with E-state index < -0.39 is 0 Å². The number of benzene rings is 1. The Morgan fingerprint density at radius 3 is 2.91 bits per heavy atom. The summed E-state index contributed by atoms with van der Waals surface area (Å²) in [6.45, 7) is 2.01. The molecule has 0 aliphatic rings. The number of hydrogen-bond donors (Lipinski definition) is 2. The molecule has 4 rings (SSSR count). The molecule has 6 nitrogen and oxygen atoms in total. The third-order valence-corrected chi connectivity index (χ3v) is 3.83. The van der Waals surface area contributed by atoms with Crippen molar-refractivity contribution in [2.75, 3.05) is 0 Å². The third-order valence-electron chi connectivity index (χ3n) is 3.83. The summed E-state index contributed by atoms with van der Waals surface area (Å²) >= 11 is 0. The van der Waals surface area contributed by atoms with Crippen LogP contribution in [0, 0.1) is 6.92 Å². The Kier molecular flexibility index (Phi) is 2.82. The molecule has 0 saturated heterocycles. The van der Waals surface area contributed by atoms with Crippen LogP contribution in [-0.4, -0.2) is 29.9 Å². The fraction of sp³-hybridized carbons (Fsp3) is 0.188. The molecular weight excluding hydrogens is 276 g/mol. The maximum atomic E-state index is 4.62. The first kappa shape index (κ1) is 12.8. The molecule has 0 atom stereocenters. The fourth-order valence-electron chi connectivity index (χ4n) is 2.75. The minimum absolute atomic E-state index is 0.703. The Labute approximate surface area is 127 Å². The van der Waals surface area contributed by atoms with Gasteiger partial charge in [0.2, 0.25) is 0 Å². The van der Waals surface area contributed by atoms with E-state index in [9.17, 15) is 0 Å². The predicted octanol–water partition coefficient (Wildman–Crippen LogP) is 2.59. The number of H-pyrrole nitrogens is 2. The van der Waals surface area contributed by atoms with Crippen molar-refractivity contribution in [2.45, 2.75) is 13.3 Å². The van der Waals surface area contributed by atoms with Crippen molar-refractivity contribution in [3.05, 3.63) is 53.7 Å². The first-order valence-electron chi connectivity index (χ1n) is 7.17. The van der Waals surface area contributed by atoms with Crippen LogP contribution < -0.4 is 0 Å². The van der Waals surface area contributed by atoms with E-state index in [0.717, 1.165) is 33.5 Å². The smallest absolute Gasteiger partial charge is 0.183 e. The van der Waals surface area contributed by atoms with Gasteiger partial charge in [-0.25, -0.2) is 4.98 Å². The van der Waals surface area contributed by atoms with Crippen LogP contribution in [0.25, 0.3) is 22.3 Å². The lowest BCUT2D eigenvalue weighted by Crippen LogP contribution is -1.91. The topological polar surface area (TPSA) is 75.2 Å². The van der Waals surface area contributed by atoms with E-state index in [-0.39, 0.29) is 0 Å². The zero-order chi connectivity index (χ0) is 15.1. The Balaban J connectivity index is 1.68. The van der Waals surface area contributed by atoms with Gasteiger partial charge in [-0.05, 0) is 13.0 Å². The van der Waals surface area contributed by atoms with E-state index in [0.29, 0.717) is 12.2 Å². The maximum absolute atomic E-state index is 4.62. The van der Waals surface area contributed by atoms with E-state index in [2.05, 4.69) is 31.3 Å². The molecule has 0 aliphatic heterocycles. The van der Waals surface area contributed by atoms with Gasteiger partial charge in [0.1, 0.15) is 5.82 Å². The highest BCUT2D eigenvalue weighted by Crippen LogP contribution is 2.25. The molecule has 0 bridgehead atoms. The van der Waals surface area contributed by atoms with Crippen LogP contribution in [0.4, 0.5) is 0 Å². The van der Waals surface area contributed by atoms with E-state index in [4.69, 9.17) is 0 Å². The molecule has 2 N–H and O–H groups in total. The second-order valence-electron chi connectivity index (χ2n) is 5.44.